The summed E-state index contributed by atoms with van der Waals surface area (Å²) >= 11 is 1.96. The highest BCUT2D eigenvalue weighted by Crippen LogP contribution is 2.42. The van der Waals surface area contributed by atoms with Crippen LogP contribution < -0.4 is 0 Å². The van der Waals surface area contributed by atoms with E-state index in [2.05, 4.69) is 60.6 Å². The van der Waals surface area contributed by atoms with E-state index in [1.165, 1.54) is 30.6 Å². The molecule has 0 spiro atoms. The highest BCUT2D eigenvalue weighted by atomic mass is 32.2. The fourth-order valence-electron chi connectivity index (χ4n) is 2.76. The largest absolute Gasteiger partial charge is 0.507 e. The molecule has 0 saturated heterocycles. The number of hydrogen-bond donors (Lipinski definition) is 1. The van der Waals surface area contributed by atoms with Crippen LogP contribution in [0.4, 0.5) is 0 Å². The van der Waals surface area contributed by atoms with Gasteiger partial charge in [0.15, 0.2) is 0 Å². The molecule has 0 aliphatic carbocycles. The van der Waals surface area contributed by atoms with Crippen LogP contribution in [0.2, 0.25) is 0 Å². The first kappa shape index (κ1) is 19.4. The Balaban J connectivity index is 3.04. The monoisotopic (exact) mass is 322 g/mol. The van der Waals surface area contributed by atoms with Gasteiger partial charge in [0.25, 0.3) is 0 Å². The summed E-state index contributed by atoms with van der Waals surface area (Å²) in [5.74, 6) is 1.20. The lowest BCUT2D eigenvalue weighted by Crippen LogP contribution is -2.14. The quantitative estimate of drug-likeness (QED) is 0.407. The van der Waals surface area contributed by atoms with E-state index in [1.54, 1.807) is 0 Å². The molecule has 0 radical (unpaired) electrons. The summed E-state index contributed by atoms with van der Waals surface area (Å²) in [7, 11) is 0. The first-order valence-electron chi connectivity index (χ1n) is 8.73. The zero-order valence-electron chi connectivity index (χ0n) is 15.5. The normalized spacial score (nSPS) is 12.4. The lowest BCUT2D eigenvalue weighted by atomic mass is 9.94. The standard InChI is InChI=1S/C20H34OS/c1-8-9-10-11-20(6,7)22-16-12-17(14(2)3)19(21)18(13-16)15(4)5/h12-15,21H,8-11H2,1-7H3. The van der Waals surface area contributed by atoms with Gasteiger partial charge in [-0.1, -0.05) is 67.7 Å². The summed E-state index contributed by atoms with van der Waals surface area (Å²) in [6.45, 7) is 15.5. The van der Waals surface area contributed by atoms with Crippen molar-refractivity contribution in [3.05, 3.63) is 23.3 Å². The maximum Gasteiger partial charge on any atom is 0.122 e. The molecule has 0 aliphatic heterocycles. The predicted molar refractivity (Wildman–Crippen MR) is 100 cm³/mol. The first-order chi connectivity index (χ1) is 10.2. The Morgan fingerprint density at radius 3 is 1.91 bits per heavy atom. The van der Waals surface area contributed by atoms with Crippen LogP contribution >= 0.6 is 11.8 Å². The number of thioether (sulfide) groups is 1. The zero-order chi connectivity index (χ0) is 16.9. The van der Waals surface area contributed by atoms with Crippen molar-refractivity contribution in [1.82, 2.24) is 0 Å². The SMILES string of the molecule is CCCCCC(C)(C)Sc1cc(C(C)C)c(O)c(C(C)C)c1. The van der Waals surface area contributed by atoms with E-state index in [9.17, 15) is 5.11 Å². The number of hydrogen-bond acceptors (Lipinski definition) is 2. The molecule has 1 N–H and O–H groups in total. The van der Waals surface area contributed by atoms with E-state index < -0.39 is 0 Å². The molecule has 0 heterocycles. The van der Waals surface area contributed by atoms with Crippen LogP contribution in [0, 0.1) is 0 Å². The molecule has 0 bridgehead atoms. The second kappa shape index (κ2) is 8.29. The van der Waals surface area contributed by atoms with Crippen molar-refractivity contribution in [1.29, 1.82) is 0 Å². The Morgan fingerprint density at radius 1 is 1.00 bits per heavy atom. The Kier molecular flexibility index (Phi) is 7.31. The van der Waals surface area contributed by atoms with Crippen molar-refractivity contribution in [2.75, 3.05) is 0 Å². The summed E-state index contributed by atoms with van der Waals surface area (Å²) in [4.78, 5) is 1.30. The molecular formula is C20H34OS. The fourth-order valence-corrected chi connectivity index (χ4v) is 4.02. The number of benzene rings is 1. The van der Waals surface area contributed by atoms with Crippen LogP contribution in [0.1, 0.15) is 97.1 Å². The van der Waals surface area contributed by atoms with Gasteiger partial charge >= 0.3 is 0 Å². The van der Waals surface area contributed by atoms with E-state index in [4.69, 9.17) is 0 Å². The number of phenols is 1. The molecule has 1 nitrogen and oxygen atoms in total. The summed E-state index contributed by atoms with van der Waals surface area (Å²) in [6.07, 6.45) is 5.12. The average Bonchev–Trinajstić information content (AvgIpc) is 2.39. The van der Waals surface area contributed by atoms with Gasteiger partial charge in [0.05, 0.1) is 0 Å². The van der Waals surface area contributed by atoms with Crippen molar-refractivity contribution in [3.8, 4) is 5.75 Å². The topological polar surface area (TPSA) is 20.2 Å². The summed E-state index contributed by atoms with van der Waals surface area (Å²) in [6, 6.07) is 4.39. The molecule has 0 unspecified atom stereocenters. The van der Waals surface area contributed by atoms with Gasteiger partial charge in [-0.05, 0) is 41.5 Å². The predicted octanol–water partition coefficient (Wildman–Crippen LogP) is 7.09. The molecule has 1 aromatic rings. The van der Waals surface area contributed by atoms with Crippen LogP contribution in [0.3, 0.4) is 0 Å². The van der Waals surface area contributed by atoms with Crippen molar-refractivity contribution < 1.29 is 5.11 Å². The molecule has 1 rings (SSSR count). The number of phenolic OH excluding ortho intramolecular Hbond substituents is 1. The van der Waals surface area contributed by atoms with Crippen LogP contribution in [0.15, 0.2) is 17.0 Å². The van der Waals surface area contributed by atoms with Crippen molar-refractivity contribution in [2.45, 2.75) is 95.6 Å². The fraction of sp³-hybridized carbons (Fsp3) is 0.700. The second-order valence-electron chi connectivity index (χ2n) is 7.58. The maximum atomic E-state index is 10.5. The third kappa shape index (κ3) is 5.53. The van der Waals surface area contributed by atoms with Gasteiger partial charge in [-0.15, -0.1) is 11.8 Å². The lowest BCUT2D eigenvalue weighted by molar-refractivity contribution is 0.453. The molecule has 0 aromatic heterocycles. The Morgan fingerprint density at radius 2 is 1.50 bits per heavy atom. The van der Waals surface area contributed by atoms with Crippen molar-refractivity contribution in [3.63, 3.8) is 0 Å². The molecule has 0 aliphatic rings. The Bertz CT molecular complexity index is 446. The third-order valence-corrected chi connectivity index (χ3v) is 5.39. The van der Waals surface area contributed by atoms with E-state index >= 15 is 0 Å². The van der Waals surface area contributed by atoms with Gasteiger partial charge in [-0.2, -0.15) is 0 Å². The van der Waals surface area contributed by atoms with Gasteiger partial charge in [0.1, 0.15) is 5.75 Å². The van der Waals surface area contributed by atoms with Gasteiger partial charge in [0, 0.05) is 9.64 Å². The van der Waals surface area contributed by atoms with Crippen LogP contribution in [-0.4, -0.2) is 9.85 Å². The van der Waals surface area contributed by atoms with Crippen molar-refractivity contribution >= 4 is 11.8 Å². The van der Waals surface area contributed by atoms with E-state index in [1.807, 2.05) is 11.8 Å². The lowest BCUT2D eigenvalue weighted by Gasteiger charge is -2.26. The van der Waals surface area contributed by atoms with E-state index in [-0.39, 0.29) is 4.75 Å². The van der Waals surface area contributed by atoms with Crippen LogP contribution in [0.25, 0.3) is 0 Å². The summed E-state index contributed by atoms with van der Waals surface area (Å²) < 4.78 is 0.245. The molecular weight excluding hydrogens is 288 g/mol. The van der Waals surface area contributed by atoms with Crippen molar-refractivity contribution in [2.24, 2.45) is 0 Å². The summed E-state index contributed by atoms with van der Waals surface area (Å²) in [5, 5.41) is 10.5. The maximum absolute atomic E-state index is 10.5. The smallest absolute Gasteiger partial charge is 0.122 e. The molecule has 2 heteroatoms. The molecule has 22 heavy (non-hydrogen) atoms. The molecule has 0 saturated carbocycles. The minimum absolute atomic E-state index is 0.245. The summed E-state index contributed by atoms with van der Waals surface area (Å²) in [5.41, 5.74) is 2.16. The molecule has 0 amide bonds. The highest BCUT2D eigenvalue weighted by Gasteiger charge is 2.22. The second-order valence-corrected chi connectivity index (χ2v) is 9.36. The van der Waals surface area contributed by atoms with Gasteiger partial charge < -0.3 is 5.11 Å². The van der Waals surface area contributed by atoms with Gasteiger partial charge in [0.2, 0.25) is 0 Å². The average molecular weight is 323 g/mol. The molecule has 126 valence electrons. The minimum Gasteiger partial charge on any atom is -0.507 e. The number of rotatable bonds is 8. The Labute approximate surface area is 141 Å². The van der Waals surface area contributed by atoms with Crippen LogP contribution in [0.5, 0.6) is 5.75 Å². The molecule has 1 aromatic carbocycles. The van der Waals surface area contributed by atoms with Gasteiger partial charge in [-0.25, -0.2) is 0 Å². The van der Waals surface area contributed by atoms with E-state index in [0.29, 0.717) is 17.6 Å². The molecule has 0 atom stereocenters. The third-order valence-electron chi connectivity index (χ3n) is 4.16. The first-order valence-corrected chi connectivity index (χ1v) is 9.55. The Hall–Kier alpha value is -0.630. The van der Waals surface area contributed by atoms with Gasteiger partial charge in [-0.3, -0.25) is 0 Å². The highest BCUT2D eigenvalue weighted by molar-refractivity contribution is 8.00. The van der Waals surface area contributed by atoms with Crippen LogP contribution in [-0.2, 0) is 0 Å². The minimum atomic E-state index is 0.245. The number of unbranched alkanes of at least 4 members (excludes halogenated alkanes) is 2. The van der Waals surface area contributed by atoms with E-state index in [0.717, 1.165) is 11.1 Å². The number of aromatic hydroxyl groups is 1. The zero-order valence-corrected chi connectivity index (χ0v) is 16.3. The molecule has 0 fully saturated rings.